The number of ether oxygens (including phenoxy) is 1. The number of nitrogens with zero attached hydrogens (tertiary/aromatic N) is 2. The second kappa shape index (κ2) is 5.90. The number of aromatic amines is 1. The van der Waals surface area contributed by atoms with Crippen molar-refractivity contribution >= 4 is 23.8 Å². The average molecular weight is 336 g/mol. The molecule has 1 heterocycles. The molecule has 0 saturated carbocycles. The summed E-state index contributed by atoms with van der Waals surface area (Å²) in [6, 6.07) is 11.8. The fourth-order valence-electron chi connectivity index (χ4n) is 2.09. The van der Waals surface area contributed by atoms with E-state index in [4.69, 9.17) is 28.6 Å². The van der Waals surface area contributed by atoms with Gasteiger partial charge in [0.05, 0.1) is 17.8 Å². The van der Waals surface area contributed by atoms with Gasteiger partial charge in [-0.3, -0.25) is 9.67 Å². The second-order valence-corrected chi connectivity index (χ2v) is 5.31. The van der Waals surface area contributed by atoms with Crippen molar-refractivity contribution in [3.05, 3.63) is 58.1 Å². The van der Waals surface area contributed by atoms with Crippen LogP contribution < -0.4 is 4.74 Å². The molecule has 0 amide bonds. The molecule has 112 valence electrons. The van der Waals surface area contributed by atoms with Crippen molar-refractivity contribution in [1.29, 1.82) is 0 Å². The van der Waals surface area contributed by atoms with E-state index in [2.05, 4.69) is 10.2 Å². The standard InChI is InChI=1S/C15H11ClFN3OS/c1-21-11-5-2-9(3-6-11)14-18-19-15(22)20(14)10-4-7-13(17)12(16)8-10/h2-8H,1H3,(H,19,22). The summed E-state index contributed by atoms with van der Waals surface area (Å²) in [7, 11) is 1.60. The maximum Gasteiger partial charge on any atom is 0.200 e. The van der Waals surface area contributed by atoms with Gasteiger partial charge < -0.3 is 4.74 Å². The van der Waals surface area contributed by atoms with Crippen LogP contribution in [0.1, 0.15) is 0 Å². The number of rotatable bonds is 3. The van der Waals surface area contributed by atoms with E-state index in [0.717, 1.165) is 11.3 Å². The van der Waals surface area contributed by atoms with Gasteiger partial charge in [-0.15, -0.1) is 0 Å². The van der Waals surface area contributed by atoms with Crippen molar-refractivity contribution in [3.8, 4) is 22.8 Å². The minimum Gasteiger partial charge on any atom is -0.497 e. The number of nitrogens with one attached hydrogen (secondary N) is 1. The zero-order valence-corrected chi connectivity index (χ0v) is 13.1. The Morgan fingerprint density at radius 2 is 1.95 bits per heavy atom. The molecule has 0 bridgehead atoms. The van der Waals surface area contributed by atoms with Gasteiger partial charge in [0, 0.05) is 5.56 Å². The van der Waals surface area contributed by atoms with Crippen LogP contribution in [0, 0.1) is 10.6 Å². The van der Waals surface area contributed by atoms with E-state index < -0.39 is 5.82 Å². The van der Waals surface area contributed by atoms with E-state index in [1.807, 2.05) is 24.3 Å². The Labute approximate surface area is 136 Å². The van der Waals surface area contributed by atoms with E-state index in [1.54, 1.807) is 17.7 Å². The first-order valence-corrected chi connectivity index (χ1v) is 7.16. The van der Waals surface area contributed by atoms with Crippen molar-refractivity contribution in [3.63, 3.8) is 0 Å². The van der Waals surface area contributed by atoms with Crippen molar-refractivity contribution in [2.75, 3.05) is 7.11 Å². The Bertz CT molecular complexity index is 873. The summed E-state index contributed by atoms with van der Waals surface area (Å²) in [5, 5.41) is 7.01. The van der Waals surface area contributed by atoms with Gasteiger partial charge in [-0.25, -0.2) is 4.39 Å². The molecule has 2 aromatic carbocycles. The van der Waals surface area contributed by atoms with Crippen LogP contribution in [0.3, 0.4) is 0 Å². The first-order valence-electron chi connectivity index (χ1n) is 6.37. The Balaban J connectivity index is 2.14. The lowest BCUT2D eigenvalue weighted by molar-refractivity contribution is 0.415. The van der Waals surface area contributed by atoms with Gasteiger partial charge in [0.1, 0.15) is 11.6 Å². The molecular weight excluding hydrogens is 325 g/mol. The number of aromatic nitrogens is 3. The van der Waals surface area contributed by atoms with E-state index in [-0.39, 0.29) is 5.02 Å². The molecule has 0 unspecified atom stereocenters. The van der Waals surface area contributed by atoms with Gasteiger partial charge in [-0.2, -0.15) is 5.10 Å². The Morgan fingerprint density at radius 3 is 2.59 bits per heavy atom. The second-order valence-electron chi connectivity index (χ2n) is 4.51. The number of benzene rings is 2. The van der Waals surface area contributed by atoms with Gasteiger partial charge >= 0.3 is 0 Å². The van der Waals surface area contributed by atoms with Gasteiger partial charge in [-0.1, -0.05) is 11.6 Å². The van der Waals surface area contributed by atoms with Crippen LogP contribution in [0.2, 0.25) is 5.02 Å². The number of hydrogen-bond acceptors (Lipinski definition) is 3. The predicted octanol–water partition coefficient (Wildman–Crippen LogP) is 4.40. The van der Waals surface area contributed by atoms with E-state index in [1.165, 1.54) is 12.1 Å². The summed E-state index contributed by atoms with van der Waals surface area (Å²) in [6.45, 7) is 0. The largest absolute Gasteiger partial charge is 0.497 e. The fourth-order valence-corrected chi connectivity index (χ4v) is 2.51. The highest BCUT2D eigenvalue weighted by molar-refractivity contribution is 7.71. The maximum absolute atomic E-state index is 13.3. The van der Waals surface area contributed by atoms with Crippen LogP contribution in [0.5, 0.6) is 5.75 Å². The third-order valence-corrected chi connectivity index (χ3v) is 3.75. The highest BCUT2D eigenvalue weighted by Crippen LogP contribution is 2.26. The molecule has 0 radical (unpaired) electrons. The number of methoxy groups -OCH3 is 1. The quantitative estimate of drug-likeness (QED) is 0.721. The van der Waals surface area contributed by atoms with Crippen molar-refractivity contribution < 1.29 is 9.13 Å². The summed E-state index contributed by atoms with van der Waals surface area (Å²) in [4.78, 5) is 0. The van der Waals surface area contributed by atoms with E-state index in [9.17, 15) is 4.39 Å². The average Bonchev–Trinajstić information content (AvgIpc) is 2.92. The van der Waals surface area contributed by atoms with Gasteiger partial charge in [0.2, 0.25) is 0 Å². The topological polar surface area (TPSA) is 42.8 Å². The van der Waals surface area contributed by atoms with Gasteiger partial charge in [-0.05, 0) is 54.7 Å². The molecule has 0 atom stereocenters. The Kier molecular flexibility index (Phi) is 3.96. The SMILES string of the molecule is COc1ccc(-c2n[nH]c(=S)n2-c2ccc(F)c(Cl)c2)cc1. The first-order chi connectivity index (χ1) is 10.6. The highest BCUT2D eigenvalue weighted by Gasteiger charge is 2.12. The number of halogens is 2. The lowest BCUT2D eigenvalue weighted by atomic mass is 10.2. The molecule has 3 rings (SSSR count). The highest BCUT2D eigenvalue weighted by atomic mass is 35.5. The maximum atomic E-state index is 13.3. The van der Waals surface area contributed by atoms with Crippen molar-refractivity contribution in [2.24, 2.45) is 0 Å². The lowest BCUT2D eigenvalue weighted by Gasteiger charge is -2.08. The van der Waals surface area contributed by atoms with E-state index in [0.29, 0.717) is 16.3 Å². The fraction of sp³-hybridized carbons (Fsp3) is 0.0667. The number of H-pyrrole nitrogens is 1. The zero-order valence-electron chi connectivity index (χ0n) is 11.5. The minimum atomic E-state index is -0.480. The molecule has 0 saturated heterocycles. The van der Waals surface area contributed by atoms with Crippen LogP contribution in [-0.4, -0.2) is 21.9 Å². The van der Waals surface area contributed by atoms with Crippen molar-refractivity contribution in [2.45, 2.75) is 0 Å². The molecule has 0 aliphatic carbocycles. The molecule has 4 nitrogen and oxygen atoms in total. The molecule has 7 heteroatoms. The Morgan fingerprint density at radius 1 is 1.23 bits per heavy atom. The van der Waals surface area contributed by atoms with Crippen LogP contribution >= 0.6 is 23.8 Å². The van der Waals surface area contributed by atoms with Crippen LogP contribution in [0.15, 0.2) is 42.5 Å². The van der Waals surface area contributed by atoms with Crippen LogP contribution in [0.4, 0.5) is 4.39 Å². The molecule has 0 fully saturated rings. The monoisotopic (exact) mass is 335 g/mol. The third-order valence-electron chi connectivity index (χ3n) is 3.18. The van der Waals surface area contributed by atoms with Crippen LogP contribution in [0.25, 0.3) is 17.1 Å². The van der Waals surface area contributed by atoms with E-state index >= 15 is 0 Å². The third kappa shape index (κ3) is 2.63. The molecule has 0 aliphatic rings. The summed E-state index contributed by atoms with van der Waals surface area (Å²) >= 11 is 11.1. The first kappa shape index (κ1) is 14.7. The summed E-state index contributed by atoms with van der Waals surface area (Å²) in [5.41, 5.74) is 1.48. The van der Waals surface area contributed by atoms with Crippen LogP contribution in [-0.2, 0) is 0 Å². The smallest absolute Gasteiger partial charge is 0.200 e. The lowest BCUT2D eigenvalue weighted by Crippen LogP contribution is -1.98. The molecule has 0 spiro atoms. The van der Waals surface area contributed by atoms with Crippen molar-refractivity contribution in [1.82, 2.24) is 14.8 Å². The molecule has 22 heavy (non-hydrogen) atoms. The summed E-state index contributed by atoms with van der Waals surface area (Å²) in [5.74, 6) is 0.871. The van der Waals surface area contributed by atoms with Gasteiger partial charge in [0.15, 0.2) is 10.6 Å². The molecule has 0 aliphatic heterocycles. The molecule has 1 N–H and O–H groups in total. The minimum absolute atomic E-state index is 0.0290. The molecule has 3 aromatic rings. The summed E-state index contributed by atoms with van der Waals surface area (Å²) in [6.07, 6.45) is 0. The molecule has 1 aromatic heterocycles. The zero-order chi connectivity index (χ0) is 15.7. The predicted molar refractivity (Wildman–Crippen MR) is 85.7 cm³/mol. The Hall–Kier alpha value is -2.18. The molecular formula is C15H11ClFN3OS. The number of hydrogen-bond donors (Lipinski definition) is 1. The normalized spacial score (nSPS) is 10.7. The van der Waals surface area contributed by atoms with Gasteiger partial charge in [0.25, 0.3) is 0 Å². The summed E-state index contributed by atoms with van der Waals surface area (Å²) < 4.78 is 20.6.